The zero-order valence-electron chi connectivity index (χ0n) is 42.1. The largest absolute Gasteiger partial charge is 0.0587 e. The monoisotopic (exact) mass is 982 g/mol. The second-order valence-corrected chi connectivity index (χ2v) is 28.6. The first-order chi connectivity index (χ1) is 33.9. The van der Waals surface area contributed by atoms with Crippen LogP contribution in [0.1, 0.15) is 67.0 Å². The first-order valence-corrected chi connectivity index (χ1v) is 30.6. The molecule has 2 unspecified atom stereocenters. The van der Waals surface area contributed by atoms with Gasteiger partial charge in [-0.1, -0.05) is 263 Å². The van der Waals surface area contributed by atoms with Crippen LogP contribution in [-0.4, -0.2) is 12.3 Å². The Morgan fingerprint density at radius 3 is 0.543 bits per heavy atom. The van der Waals surface area contributed by atoms with Crippen molar-refractivity contribution in [2.45, 2.75) is 66.7 Å². The van der Waals surface area contributed by atoms with Crippen molar-refractivity contribution in [1.29, 1.82) is 0 Å². The molecule has 0 saturated heterocycles. The van der Waals surface area contributed by atoms with E-state index in [-0.39, 0.29) is 11.3 Å². The fraction of sp³-hybridized carbons (Fsp3) is 0.182. The smallest absolute Gasteiger partial charge is 0.0167 e. The Morgan fingerprint density at radius 2 is 0.371 bits per heavy atom. The van der Waals surface area contributed by atoms with Crippen molar-refractivity contribution in [3.63, 3.8) is 0 Å². The van der Waals surface area contributed by atoms with Crippen molar-refractivity contribution in [3.05, 3.63) is 274 Å². The van der Waals surface area contributed by atoms with Crippen LogP contribution < -0.4 is 42.4 Å². The molecule has 0 aromatic heterocycles. The van der Waals surface area contributed by atoms with Crippen LogP contribution in [-0.2, 0) is 0 Å². The number of hydrogen-bond donors (Lipinski definition) is 0. The fourth-order valence-corrected chi connectivity index (χ4v) is 21.1. The van der Waals surface area contributed by atoms with E-state index >= 15 is 0 Å². The first-order valence-electron chi connectivity index (χ1n) is 24.7. The summed E-state index contributed by atoms with van der Waals surface area (Å²) in [5.41, 5.74) is 13.8. The fourth-order valence-electron chi connectivity index (χ4n) is 9.42. The van der Waals surface area contributed by atoms with Gasteiger partial charge in [-0.05, 0) is 153 Å². The molecule has 9 aromatic rings. The van der Waals surface area contributed by atoms with Gasteiger partial charge in [-0.15, -0.1) is 0 Å². The molecule has 9 aromatic carbocycles. The molecule has 4 heteroatoms. The van der Waals surface area contributed by atoms with E-state index in [9.17, 15) is 0 Å². The van der Waals surface area contributed by atoms with Gasteiger partial charge in [0.15, 0.2) is 0 Å². The van der Waals surface area contributed by atoms with Crippen LogP contribution in [0.15, 0.2) is 218 Å². The molecular weight excluding hydrogens is 917 g/mol. The summed E-state index contributed by atoms with van der Waals surface area (Å²) in [5.74, 6) is 0. The Kier molecular flexibility index (Phi) is 16.2. The van der Waals surface area contributed by atoms with Crippen LogP contribution in [0.3, 0.4) is 0 Å². The van der Waals surface area contributed by atoms with E-state index in [1.807, 2.05) is 0 Å². The predicted molar refractivity (Wildman–Crippen MR) is 316 cm³/mol. The molecule has 9 rings (SSSR count). The van der Waals surface area contributed by atoms with E-state index in [4.69, 9.17) is 0 Å². The van der Waals surface area contributed by atoms with Crippen molar-refractivity contribution in [2.75, 3.05) is 12.3 Å². The van der Waals surface area contributed by atoms with Gasteiger partial charge in [-0.25, -0.2) is 0 Å². The normalized spacial score (nSPS) is 12.5. The molecular formula is C66H66P4. The lowest BCUT2D eigenvalue weighted by Crippen LogP contribution is -2.24. The molecule has 0 heterocycles. The van der Waals surface area contributed by atoms with E-state index in [0.29, 0.717) is 0 Å². The van der Waals surface area contributed by atoms with E-state index in [1.165, 1.54) is 98.1 Å². The second kappa shape index (κ2) is 22.8. The minimum atomic E-state index is -0.814. The van der Waals surface area contributed by atoms with Crippen LogP contribution in [0.5, 0.6) is 0 Å². The summed E-state index contributed by atoms with van der Waals surface area (Å²) in [4.78, 5) is 0. The lowest BCUT2D eigenvalue weighted by molar-refractivity contribution is 1.06. The molecule has 0 radical (unpaired) electrons. The highest BCUT2D eigenvalue weighted by molar-refractivity contribution is 7.77. The molecule has 0 amide bonds. The highest BCUT2D eigenvalue weighted by atomic mass is 31.1. The zero-order chi connectivity index (χ0) is 48.7. The first kappa shape index (κ1) is 49.7. The summed E-state index contributed by atoms with van der Waals surface area (Å²) in [7, 11) is -3.04. The Hall–Kier alpha value is -5.30. The number of benzene rings is 9. The van der Waals surface area contributed by atoms with E-state index < -0.39 is 31.7 Å². The van der Waals surface area contributed by atoms with Gasteiger partial charge >= 0.3 is 0 Å². The summed E-state index contributed by atoms with van der Waals surface area (Å²) >= 11 is 0. The van der Waals surface area contributed by atoms with Crippen LogP contribution >= 0.6 is 31.7 Å². The Balaban J connectivity index is 1.24. The predicted octanol–water partition coefficient (Wildman–Crippen LogP) is 14.8. The minimum absolute atomic E-state index is 0.259. The molecule has 2 atom stereocenters. The average Bonchev–Trinajstić information content (AvgIpc) is 3.37. The highest BCUT2D eigenvalue weighted by Gasteiger charge is 2.33. The lowest BCUT2D eigenvalue weighted by Gasteiger charge is -2.35. The second-order valence-electron chi connectivity index (χ2n) is 19.3. The summed E-state index contributed by atoms with van der Waals surface area (Å²) in [6, 6.07) is 86.0. The van der Waals surface area contributed by atoms with E-state index in [0.717, 1.165) is 12.3 Å². The third kappa shape index (κ3) is 12.1. The quantitative estimate of drug-likeness (QED) is 0.0847. The van der Waals surface area contributed by atoms with Crippen molar-refractivity contribution in [2.24, 2.45) is 0 Å². The van der Waals surface area contributed by atoms with Crippen LogP contribution in [0.4, 0.5) is 0 Å². The van der Waals surface area contributed by atoms with Crippen molar-refractivity contribution in [3.8, 4) is 0 Å². The SMILES string of the molecule is Cc1ccc(P(CC(c2ccc(C(CP(c3ccc(C)cc3)c3ccc(C)cc3)P(c3ccc(C)cc3)c3ccc(C)cc3)cc2)P(c2ccc(C)cc2)c2ccc(C)cc2)c2ccc(C)cc2)cc1. The van der Waals surface area contributed by atoms with Gasteiger partial charge in [0, 0.05) is 11.3 Å². The lowest BCUT2D eigenvalue weighted by atomic mass is 10.1. The molecule has 0 fully saturated rings. The average molecular weight is 983 g/mol. The molecule has 0 bridgehead atoms. The molecule has 0 nitrogen and oxygen atoms in total. The van der Waals surface area contributed by atoms with Gasteiger partial charge < -0.3 is 0 Å². The van der Waals surface area contributed by atoms with Crippen molar-refractivity contribution >= 4 is 74.1 Å². The summed E-state index contributed by atoms with van der Waals surface area (Å²) in [6.45, 7) is 17.7. The number of rotatable bonds is 16. The van der Waals surface area contributed by atoms with Gasteiger partial charge in [0.05, 0.1) is 0 Å². The third-order valence-corrected chi connectivity index (χ3v) is 25.0. The Morgan fingerprint density at radius 1 is 0.214 bits per heavy atom. The molecule has 0 N–H and O–H groups in total. The summed E-state index contributed by atoms with van der Waals surface area (Å²) in [6.07, 6.45) is 2.09. The van der Waals surface area contributed by atoms with Crippen LogP contribution in [0.2, 0.25) is 0 Å². The number of hydrogen-bond acceptors (Lipinski definition) is 0. The molecule has 0 aliphatic heterocycles. The van der Waals surface area contributed by atoms with E-state index in [2.05, 4.69) is 274 Å². The van der Waals surface area contributed by atoms with Crippen molar-refractivity contribution < 1.29 is 0 Å². The standard InChI is InChI=1S/C66H66P4/c1-47-9-29-57(30-10-47)67(58-31-11-48(2)12-32-58)45-65(69(61-37-17-51(5)18-38-61)62-39-19-52(6)20-40-62)55-25-27-56(28-26-55)66(70(63-41-21-53(7)22-42-63)64-43-23-54(8)24-44-64)46-68(59-33-13-49(3)14-34-59)60-35-15-50(4)16-36-60/h9-44,65-66H,45-46H2,1-8H3. The Bertz CT molecular complexity index is 2670. The summed E-state index contributed by atoms with van der Waals surface area (Å²) in [5, 5.41) is 11.5. The van der Waals surface area contributed by atoms with Crippen molar-refractivity contribution in [1.82, 2.24) is 0 Å². The van der Waals surface area contributed by atoms with Crippen LogP contribution in [0, 0.1) is 55.4 Å². The number of aryl methyl sites for hydroxylation is 8. The van der Waals surface area contributed by atoms with Gasteiger partial charge in [-0.3, -0.25) is 0 Å². The molecule has 0 saturated carbocycles. The maximum Gasteiger partial charge on any atom is 0.0167 e. The topological polar surface area (TPSA) is 0 Å². The zero-order valence-corrected chi connectivity index (χ0v) is 45.7. The highest BCUT2D eigenvalue weighted by Crippen LogP contribution is 2.58. The van der Waals surface area contributed by atoms with Gasteiger partial charge in [-0.2, -0.15) is 0 Å². The maximum absolute atomic E-state index is 2.56. The van der Waals surface area contributed by atoms with E-state index in [1.54, 1.807) is 0 Å². The molecule has 0 aliphatic carbocycles. The van der Waals surface area contributed by atoms with Gasteiger partial charge in [0.1, 0.15) is 0 Å². The maximum atomic E-state index is 2.56. The van der Waals surface area contributed by atoms with Gasteiger partial charge in [0.25, 0.3) is 0 Å². The Labute approximate surface area is 424 Å². The minimum Gasteiger partial charge on any atom is -0.0587 e. The molecule has 350 valence electrons. The molecule has 0 aliphatic rings. The third-order valence-electron chi connectivity index (χ3n) is 13.7. The van der Waals surface area contributed by atoms with Crippen LogP contribution in [0.25, 0.3) is 0 Å². The summed E-state index contributed by atoms with van der Waals surface area (Å²) < 4.78 is 0. The van der Waals surface area contributed by atoms with Gasteiger partial charge in [0.2, 0.25) is 0 Å². The molecule has 70 heavy (non-hydrogen) atoms. The molecule has 0 spiro atoms.